The van der Waals surface area contributed by atoms with Gasteiger partial charge in [0.1, 0.15) is 66.4 Å². The summed E-state index contributed by atoms with van der Waals surface area (Å²) in [5, 5.41) is 62.4. The van der Waals surface area contributed by atoms with E-state index in [9.17, 15) is 87.5 Å². The number of likely N-dealkylation sites (tertiary alicyclic amines) is 1. The fraction of sp³-hybridized carbons (Fsp3) is 0.581. The Labute approximate surface area is 528 Å². The Hall–Kier alpha value is -9.02. The van der Waals surface area contributed by atoms with Gasteiger partial charge in [-0.15, -0.1) is 0 Å². The molecule has 1 aliphatic heterocycles. The zero-order chi connectivity index (χ0) is 68.1. The lowest BCUT2D eigenvalue weighted by Gasteiger charge is -2.33. The number of amides is 10. The summed E-state index contributed by atoms with van der Waals surface area (Å²) in [6.07, 6.45) is -2.25. The quantitative estimate of drug-likeness (QED) is 0.0384. The van der Waals surface area contributed by atoms with Gasteiger partial charge in [-0.05, 0) is 99.4 Å². The Balaban J connectivity index is 1.93. The maximum Gasteiger partial charge on any atom is 0.303 e. The van der Waals surface area contributed by atoms with Gasteiger partial charge in [0.25, 0.3) is 0 Å². The first-order chi connectivity index (χ1) is 43.0. The number of nitrogens with two attached hydrogens (primary N) is 1. The number of aromatic hydroxyl groups is 1. The number of hydrogen-bond acceptors (Lipinski definition) is 16. The third-order valence-electron chi connectivity index (χ3n) is 15.8. The number of hydrogen-bond donors (Lipinski definition) is 14. The van der Waals surface area contributed by atoms with Gasteiger partial charge in [0.15, 0.2) is 0 Å². The van der Waals surface area contributed by atoms with Crippen LogP contribution in [0.3, 0.4) is 0 Å². The van der Waals surface area contributed by atoms with Crippen LogP contribution in [-0.2, 0) is 80.0 Å². The highest BCUT2D eigenvalue weighted by Crippen LogP contribution is 2.23. The van der Waals surface area contributed by atoms with Crippen molar-refractivity contribution in [1.29, 1.82) is 0 Å². The summed E-state index contributed by atoms with van der Waals surface area (Å²) < 4.78 is 0. The topological polar surface area (TPSA) is 457 Å². The van der Waals surface area contributed by atoms with Gasteiger partial charge in [-0.1, -0.05) is 96.8 Å². The normalized spacial score (nSPS) is 16.4. The van der Waals surface area contributed by atoms with Gasteiger partial charge in [0.05, 0.1) is 6.04 Å². The average Bonchev–Trinajstić information content (AvgIpc) is 1.82. The van der Waals surface area contributed by atoms with Crippen LogP contribution in [0, 0.1) is 17.8 Å². The van der Waals surface area contributed by atoms with Gasteiger partial charge in [0, 0.05) is 38.6 Å². The molecule has 1 fully saturated rings. The molecule has 502 valence electrons. The highest BCUT2D eigenvalue weighted by atomic mass is 16.4. The van der Waals surface area contributed by atoms with E-state index in [1.165, 1.54) is 36.2 Å². The Bertz CT molecular complexity index is 2840. The molecular formula is C62H91N11O18. The summed E-state index contributed by atoms with van der Waals surface area (Å²) in [4.78, 5) is 188. The number of aldehydes is 1. The Morgan fingerprint density at radius 2 is 0.967 bits per heavy atom. The first kappa shape index (κ1) is 76.2. The van der Waals surface area contributed by atoms with Crippen LogP contribution in [-0.4, -0.2) is 183 Å². The number of nitrogens with zero attached hydrogens (tertiary/aromatic N) is 1. The number of carbonyl (C=O) groups excluding carboxylic acids is 11. The molecule has 1 heterocycles. The van der Waals surface area contributed by atoms with E-state index in [4.69, 9.17) is 5.73 Å². The minimum Gasteiger partial charge on any atom is -0.508 e. The molecule has 29 heteroatoms. The van der Waals surface area contributed by atoms with Gasteiger partial charge < -0.3 is 83.7 Å². The minimum atomic E-state index is -1.66. The van der Waals surface area contributed by atoms with Crippen molar-refractivity contribution in [3.8, 4) is 5.75 Å². The van der Waals surface area contributed by atoms with Gasteiger partial charge in [-0.2, -0.15) is 0 Å². The molecule has 15 N–H and O–H groups in total. The highest BCUT2D eigenvalue weighted by Gasteiger charge is 2.42. The number of carboxylic acid groups (broad SMARTS) is 3. The Kier molecular flexibility index (Phi) is 32.3. The van der Waals surface area contributed by atoms with Gasteiger partial charge in [0.2, 0.25) is 59.1 Å². The predicted molar refractivity (Wildman–Crippen MR) is 328 cm³/mol. The molecule has 1 saturated heterocycles. The molecule has 0 bridgehead atoms. The van der Waals surface area contributed by atoms with Crippen LogP contribution in [0.1, 0.15) is 136 Å². The zero-order valence-corrected chi connectivity index (χ0v) is 52.6. The predicted octanol–water partition coefficient (Wildman–Crippen LogP) is -0.168. The SMILES string of the molecule is CCC(C)[C@H](NC(=O)[C@H](CCC(=O)O)NC(=O)C1CCCN1C(=O)[C@@H](NC(=O)[C@H](CCC(=O)O)NC(=O)[C@H](CCC(=O)O)NC(=O)[C@H](Cc1ccccc1)NC)C(C)CC)C(=O)N[C@@H](Cc1ccc(O)cc1)C(=O)N[C@@H](CC(C)C)C(=O)N[C@@H](CCC=O)C(N)=O. The van der Waals surface area contributed by atoms with E-state index in [0.717, 1.165) is 5.56 Å². The van der Waals surface area contributed by atoms with Crippen LogP contribution in [0.4, 0.5) is 0 Å². The van der Waals surface area contributed by atoms with Crippen molar-refractivity contribution >= 4 is 83.3 Å². The summed E-state index contributed by atoms with van der Waals surface area (Å²) >= 11 is 0. The zero-order valence-electron chi connectivity index (χ0n) is 52.6. The Morgan fingerprint density at radius 3 is 1.46 bits per heavy atom. The van der Waals surface area contributed by atoms with Crippen molar-refractivity contribution in [1.82, 2.24) is 52.8 Å². The smallest absolute Gasteiger partial charge is 0.303 e. The van der Waals surface area contributed by atoms with Crippen molar-refractivity contribution in [2.75, 3.05) is 13.6 Å². The molecule has 3 rings (SSSR count). The van der Waals surface area contributed by atoms with E-state index in [1.54, 1.807) is 71.9 Å². The first-order valence-corrected chi connectivity index (χ1v) is 30.6. The molecule has 2 aromatic rings. The molecular weight excluding hydrogens is 1190 g/mol. The lowest BCUT2D eigenvalue weighted by atomic mass is 9.96. The number of nitrogens with one attached hydrogen (secondary N) is 9. The molecule has 0 radical (unpaired) electrons. The fourth-order valence-electron chi connectivity index (χ4n) is 10.1. The number of carboxylic acids is 3. The van der Waals surface area contributed by atoms with Crippen LogP contribution in [0.2, 0.25) is 0 Å². The molecule has 3 unspecified atom stereocenters. The van der Waals surface area contributed by atoms with E-state index in [0.29, 0.717) is 11.8 Å². The second kappa shape index (κ2) is 38.5. The van der Waals surface area contributed by atoms with E-state index in [2.05, 4.69) is 47.9 Å². The van der Waals surface area contributed by atoms with E-state index >= 15 is 0 Å². The molecule has 2 aromatic carbocycles. The lowest BCUT2D eigenvalue weighted by Crippen LogP contribution is -2.62. The number of aliphatic carboxylic acids is 3. The standard InChI is InChI=1S/C62H91N11O18/c1-8-35(5)51(61(90)70-46(33-38-19-21-39(75)22-20-38)59(88)69-45(31-34(3)4)58(87)65-40(53(63)82)17-14-30-74)71-55(84)43(25-28-50(80)81)68-60(89)47-18-13-29-73(47)62(91)52(36(6)9-2)72-56(85)42(24-27-49(78)79)66-54(83)41(23-26-48(76)77)67-57(86)44(64-7)32-37-15-11-10-12-16-37/h10-12,15-16,19-22,30,34-36,40-47,51-52,64,75H,8-9,13-14,17-18,23-29,31-33H2,1-7H3,(H2,63,82)(H,65,87)(H,66,83)(H,67,86)(H,68,89)(H,69,88)(H,70,90)(H,71,84)(H,72,85)(H,76,77)(H,78,79)(H,80,81)/t35?,36?,40-,41-,42-,43-,44-,45-,46-,47?,51-,52-/m0/s1. The van der Waals surface area contributed by atoms with Crippen molar-refractivity contribution in [2.24, 2.45) is 23.5 Å². The van der Waals surface area contributed by atoms with Gasteiger partial charge >= 0.3 is 17.9 Å². The number of likely N-dealkylation sites (N-methyl/N-ethyl adjacent to an activating group) is 1. The van der Waals surface area contributed by atoms with E-state index in [-0.39, 0.29) is 76.0 Å². The van der Waals surface area contributed by atoms with E-state index < -0.39 is 188 Å². The molecule has 0 saturated carbocycles. The monoisotopic (exact) mass is 1280 g/mol. The molecule has 1 aliphatic rings. The van der Waals surface area contributed by atoms with Crippen LogP contribution in [0.15, 0.2) is 54.6 Å². The van der Waals surface area contributed by atoms with Crippen molar-refractivity contribution in [3.05, 3.63) is 65.7 Å². The maximum atomic E-state index is 14.7. The van der Waals surface area contributed by atoms with Crippen LogP contribution in [0.25, 0.3) is 0 Å². The summed E-state index contributed by atoms with van der Waals surface area (Å²) in [7, 11) is 1.52. The summed E-state index contributed by atoms with van der Waals surface area (Å²) in [6, 6.07) is 0.633. The number of primary amides is 1. The second-order valence-electron chi connectivity index (χ2n) is 23.3. The highest BCUT2D eigenvalue weighted by molar-refractivity contribution is 5.99. The molecule has 0 aliphatic carbocycles. The number of phenols is 1. The third-order valence-corrected chi connectivity index (χ3v) is 15.8. The fourth-order valence-corrected chi connectivity index (χ4v) is 10.1. The summed E-state index contributed by atoms with van der Waals surface area (Å²) in [6.45, 7) is 10.1. The molecule has 0 aromatic heterocycles. The molecule has 12 atom stereocenters. The van der Waals surface area contributed by atoms with Crippen molar-refractivity contribution < 1.29 is 87.5 Å². The number of benzene rings is 2. The second-order valence-corrected chi connectivity index (χ2v) is 23.3. The van der Waals surface area contributed by atoms with E-state index in [1.807, 2.05) is 0 Å². The molecule has 0 spiro atoms. The van der Waals surface area contributed by atoms with Gasteiger partial charge in [-0.25, -0.2) is 0 Å². The number of rotatable bonds is 41. The summed E-state index contributed by atoms with van der Waals surface area (Å²) in [5.74, 6) is -14.6. The van der Waals surface area contributed by atoms with Crippen LogP contribution < -0.4 is 53.6 Å². The third kappa shape index (κ3) is 25.8. The maximum absolute atomic E-state index is 14.7. The van der Waals surface area contributed by atoms with Crippen molar-refractivity contribution in [2.45, 2.75) is 198 Å². The minimum absolute atomic E-state index is 0.0283. The number of phenolic OH excluding ortho intramolecular Hbond substituents is 1. The molecule has 10 amide bonds. The largest absolute Gasteiger partial charge is 0.508 e. The van der Waals surface area contributed by atoms with Gasteiger partial charge in [-0.3, -0.25) is 62.3 Å². The summed E-state index contributed by atoms with van der Waals surface area (Å²) in [5.41, 5.74) is 6.70. The lowest BCUT2D eigenvalue weighted by molar-refractivity contribution is -0.144. The average molecular weight is 1280 g/mol. The van der Waals surface area contributed by atoms with Crippen LogP contribution >= 0.6 is 0 Å². The number of carbonyl (C=O) groups is 14. The molecule has 91 heavy (non-hydrogen) atoms. The molecule has 29 nitrogen and oxygen atoms in total. The Morgan fingerprint density at radius 1 is 0.538 bits per heavy atom. The van der Waals surface area contributed by atoms with Crippen LogP contribution in [0.5, 0.6) is 5.75 Å². The first-order valence-electron chi connectivity index (χ1n) is 30.6. The van der Waals surface area contributed by atoms with Crippen molar-refractivity contribution in [3.63, 3.8) is 0 Å².